The number of amides is 3. The minimum atomic E-state index is -3.95. The molecule has 0 unspecified atom stereocenters. The summed E-state index contributed by atoms with van der Waals surface area (Å²) in [7, 11) is -3.95. The van der Waals surface area contributed by atoms with Gasteiger partial charge in [-0.05, 0) is 61.2 Å². The summed E-state index contributed by atoms with van der Waals surface area (Å²) in [4.78, 5) is 40.4. The van der Waals surface area contributed by atoms with Gasteiger partial charge in [0.05, 0.1) is 4.90 Å². The van der Waals surface area contributed by atoms with Crippen LogP contribution in [0.1, 0.15) is 26.2 Å². The summed E-state index contributed by atoms with van der Waals surface area (Å²) in [5.41, 5.74) is 5.35. The highest BCUT2D eigenvalue weighted by molar-refractivity contribution is 7.89. The van der Waals surface area contributed by atoms with Gasteiger partial charge < -0.3 is 15.5 Å². The monoisotopic (exact) mass is 506 g/mol. The number of rotatable bonds is 6. The normalized spacial score (nSPS) is 20.6. The Labute approximate surface area is 203 Å². The number of halogens is 1. The Hall–Kier alpha value is -2.69. The lowest BCUT2D eigenvalue weighted by atomic mass is 9.96. The zero-order valence-corrected chi connectivity index (χ0v) is 20.3. The zero-order chi connectivity index (χ0) is 24.6. The molecule has 3 N–H and O–H groups in total. The molecule has 0 bridgehead atoms. The van der Waals surface area contributed by atoms with Gasteiger partial charge in [-0.1, -0.05) is 23.7 Å². The van der Waals surface area contributed by atoms with Crippen LogP contribution in [0.15, 0.2) is 41.3 Å². The summed E-state index contributed by atoms with van der Waals surface area (Å²) in [5, 5.41) is 2.08. The molecule has 11 heteroatoms. The highest BCUT2D eigenvalue weighted by Crippen LogP contribution is 2.25. The van der Waals surface area contributed by atoms with E-state index in [4.69, 9.17) is 17.3 Å². The summed E-state index contributed by atoms with van der Waals surface area (Å²) >= 11 is 5.99. The predicted octanol–water partition coefficient (Wildman–Crippen LogP) is 1.48. The number of sulfonamides is 1. The number of likely N-dealkylation sites (tertiary alicyclic amines) is 2. The van der Waals surface area contributed by atoms with Crippen LogP contribution in [0.4, 0.5) is 0 Å². The number of primary amides is 1. The summed E-state index contributed by atoms with van der Waals surface area (Å²) in [6, 6.07) is 8.17. The second-order valence-corrected chi connectivity index (χ2v) is 11.0. The van der Waals surface area contributed by atoms with Crippen LogP contribution in [0.5, 0.6) is 0 Å². The van der Waals surface area contributed by atoms with E-state index in [1.807, 2.05) is 0 Å². The highest BCUT2D eigenvalue weighted by atomic mass is 35.5. The maximum Gasteiger partial charge on any atom is 0.245 e. The smallest absolute Gasteiger partial charge is 0.245 e. The highest BCUT2D eigenvalue weighted by Gasteiger charge is 2.40. The number of nitrogens with two attached hydrogens (primary N) is 1. The van der Waals surface area contributed by atoms with E-state index >= 15 is 0 Å². The fourth-order valence-electron chi connectivity index (χ4n) is 4.59. The Morgan fingerprint density at radius 2 is 1.71 bits per heavy atom. The van der Waals surface area contributed by atoms with E-state index in [2.05, 4.69) is 4.72 Å². The van der Waals surface area contributed by atoms with Crippen molar-refractivity contribution in [3.8, 4) is 0 Å². The number of piperidine rings is 1. The quantitative estimate of drug-likeness (QED) is 0.613. The van der Waals surface area contributed by atoms with Crippen molar-refractivity contribution in [3.05, 3.63) is 41.4 Å². The Bertz CT molecular complexity index is 1240. The maximum absolute atomic E-state index is 13.0. The van der Waals surface area contributed by atoms with Crippen molar-refractivity contribution in [1.29, 1.82) is 0 Å². The lowest BCUT2D eigenvalue weighted by Crippen LogP contribution is -2.52. The molecule has 0 spiro atoms. The minimum absolute atomic E-state index is 0.0509. The van der Waals surface area contributed by atoms with E-state index in [-0.39, 0.29) is 35.6 Å². The van der Waals surface area contributed by atoms with Crippen molar-refractivity contribution < 1.29 is 22.8 Å². The van der Waals surface area contributed by atoms with Gasteiger partial charge in [0.2, 0.25) is 27.7 Å². The van der Waals surface area contributed by atoms with Gasteiger partial charge >= 0.3 is 0 Å². The summed E-state index contributed by atoms with van der Waals surface area (Å²) < 4.78 is 28.4. The molecule has 0 aliphatic carbocycles. The summed E-state index contributed by atoms with van der Waals surface area (Å²) in [6.45, 7) is 2.72. The first-order valence-electron chi connectivity index (χ1n) is 11.2. The lowest BCUT2D eigenvalue weighted by Gasteiger charge is -2.34. The Morgan fingerprint density at radius 3 is 2.38 bits per heavy atom. The average molecular weight is 507 g/mol. The summed E-state index contributed by atoms with van der Waals surface area (Å²) in [6.07, 6.45) is 1.27. The molecule has 9 nitrogen and oxygen atoms in total. The number of hydrogen-bond acceptors (Lipinski definition) is 5. The lowest BCUT2D eigenvalue weighted by molar-refractivity contribution is -0.144. The average Bonchev–Trinajstić information content (AvgIpc) is 3.17. The van der Waals surface area contributed by atoms with Crippen LogP contribution >= 0.6 is 11.6 Å². The number of hydrogen-bond donors (Lipinski definition) is 2. The van der Waals surface area contributed by atoms with E-state index in [1.165, 1.54) is 17.0 Å². The van der Waals surface area contributed by atoms with Crippen LogP contribution in [0.3, 0.4) is 0 Å². The van der Waals surface area contributed by atoms with Gasteiger partial charge in [0.25, 0.3) is 0 Å². The molecule has 2 aliphatic rings. The first kappa shape index (κ1) is 24.4. The SMILES string of the molecule is C[C@@H](C(=O)N1CCC(C(N)=O)CC1)N1CC[C@H](NS(=O)(=O)c2ccc3cc(Cl)ccc3c2)C1=O. The Balaban J connectivity index is 1.41. The van der Waals surface area contributed by atoms with Crippen LogP contribution in [-0.2, 0) is 24.4 Å². The Kier molecular flexibility index (Phi) is 6.84. The van der Waals surface area contributed by atoms with Gasteiger partial charge in [-0.15, -0.1) is 0 Å². The predicted molar refractivity (Wildman–Crippen MR) is 127 cm³/mol. The molecule has 34 heavy (non-hydrogen) atoms. The number of fused-ring (bicyclic) bond motifs is 1. The first-order valence-corrected chi connectivity index (χ1v) is 13.0. The van der Waals surface area contributed by atoms with Crippen molar-refractivity contribution in [2.45, 2.75) is 43.2 Å². The third-order valence-electron chi connectivity index (χ3n) is 6.66. The Morgan fingerprint density at radius 1 is 1.06 bits per heavy atom. The van der Waals surface area contributed by atoms with Crippen LogP contribution in [0.2, 0.25) is 5.02 Å². The number of nitrogens with one attached hydrogen (secondary N) is 1. The number of nitrogens with zero attached hydrogens (tertiary/aromatic N) is 2. The molecule has 4 rings (SSSR count). The van der Waals surface area contributed by atoms with Gasteiger partial charge in [-0.25, -0.2) is 8.42 Å². The largest absolute Gasteiger partial charge is 0.369 e. The fraction of sp³-hybridized carbons (Fsp3) is 0.435. The number of carbonyl (C=O) groups is 3. The molecule has 0 saturated carbocycles. The van der Waals surface area contributed by atoms with E-state index < -0.39 is 28.0 Å². The zero-order valence-electron chi connectivity index (χ0n) is 18.7. The third-order valence-corrected chi connectivity index (χ3v) is 8.36. The van der Waals surface area contributed by atoms with Crippen LogP contribution in [0.25, 0.3) is 10.8 Å². The molecule has 3 amide bonds. The second-order valence-electron chi connectivity index (χ2n) is 8.83. The topological polar surface area (TPSA) is 130 Å². The molecule has 182 valence electrons. The molecule has 2 fully saturated rings. The summed E-state index contributed by atoms with van der Waals surface area (Å²) in [5.74, 6) is -1.24. The van der Waals surface area contributed by atoms with Crippen LogP contribution in [0, 0.1) is 5.92 Å². The molecule has 0 aromatic heterocycles. The molecule has 2 heterocycles. The molecule has 2 saturated heterocycles. The van der Waals surface area contributed by atoms with Gasteiger partial charge in [0, 0.05) is 30.6 Å². The fourth-order valence-corrected chi connectivity index (χ4v) is 6.03. The van der Waals surface area contributed by atoms with Gasteiger partial charge in [0.15, 0.2) is 0 Å². The van der Waals surface area contributed by atoms with Crippen molar-refractivity contribution in [3.63, 3.8) is 0 Å². The minimum Gasteiger partial charge on any atom is -0.369 e. The molecule has 2 atom stereocenters. The van der Waals surface area contributed by atoms with E-state index in [0.29, 0.717) is 36.3 Å². The van der Waals surface area contributed by atoms with Crippen molar-refractivity contribution in [2.24, 2.45) is 11.7 Å². The number of benzene rings is 2. The van der Waals surface area contributed by atoms with Crippen molar-refractivity contribution in [2.75, 3.05) is 19.6 Å². The number of carbonyl (C=O) groups excluding carboxylic acids is 3. The van der Waals surface area contributed by atoms with Gasteiger partial charge in [0.1, 0.15) is 12.1 Å². The molecular weight excluding hydrogens is 480 g/mol. The van der Waals surface area contributed by atoms with Crippen molar-refractivity contribution in [1.82, 2.24) is 14.5 Å². The maximum atomic E-state index is 13.0. The van der Waals surface area contributed by atoms with Crippen LogP contribution in [-0.4, -0.2) is 67.7 Å². The van der Waals surface area contributed by atoms with E-state index in [9.17, 15) is 22.8 Å². The second kappa shape index (κ2) is 9.52. The first-order chi connectivity index (χ1) is 16.1. The molecule has 0 radical (unpaired) electrons. The molecular formula is C23H27ClN4O5S. The van der Waals surface area contributed by atoms with Gasteiger partial charge in [-0.2, -0.15) is 4.72 Å². The molecule has 2 aromatic rings. The van der Waals surface area contributed by atoms with Gasteiger partial charge in [-0.3, -0.25) is 14.4 Å². The van der Waals surface area contributed by atoms with E-state index in [0.717, 1.165) is 5.39 Å². The van der Waals surface area contributed by atoms with Crippen molar-refractivity contribution >= 4 is 50.1 Å². The third kappa shape index (κ3) is 4.89. The molecule has 2 aromatic carbocycles. The molecule has 2 aliphatic heterocycles. The standard InChI is InChI=1S/C23H27ClN4O5S/c1-14(22(30)27-9-6-15(7-10-27)21(25)29)28-11-8-20(23(28)31)26-34(32,33)19-5-3-16-12-18(24)4-2-17(16)13-19/h2-5,12-15,20,26H,6-11H2,1H3,(H2,25,29)/t14-,20-/m0/s1. The van der Waals surface area contributed by atoms with Crippen LogP contribution < -0.4 is 10.5 Å². The van der Waals surface area contributed by atoms with E-state index in [1.54, 1.807) is 36.1 Å².